The number of hydrogen-bond donors (Lipinski definition) is 0. The van der Waals surface area contributed by atoms with E-state index in [1.165, 1.54) is 111 Å². The van der Waals surface area contributed by atoms with Crippen LogP contribution in [-0.2, 0) is 10.8 Å². The van der Waals surface area contributed by atoms with Crippen molar-refractivity contribution in [3.8, 4) is 50.2 Å². The molecule has 0 bridgehead atoms. The lowest BCUT2D eigenvalue weighted by Crippen LogP contribution is -2.28. The van der Waals surface area contributed by atoms with Crippen LogP contribution in [0, 0.1) is 5.92 Å². The maximum atomic E-state index is 2.57. The monoisotopic (exact) mass is 1090 g/mol. The summed E-state index contributed by atoms with van der Waals surface area (Å²) in [4.78, 5) is 4.89. The molecule has 13 aromatic rings. The van der Waals surface area contributed by atoms with Crippen molar-refractivity contribution in [3.05, 3.63) is 325 Å². The minimum atomic E-state index is -0.274. The van der Waals surface area contributed by atoms with E-state index >= 15 is 0 Å². The molecule has 3 aliphatic carbocycles. The van der Waals surface area contributed by atoms with Gasteiger partial charge >= 0.3 is 0 Å². The van der Waals surface area contributed by atoms with E-state index in [0.29, 0.717) is 11.8 Å². The molecule has 3 aliphatic rings. The van der Waals surface area contributed by atoms with Crippen LogP contribution in [-0.4, -0.2) is 4.57 Å². The molecule has 1 heterocycles. The molecule has 0 amide bonds. The molecule has 12 aromatic carbocycles. The molecule has 406 valence electrons. The molecule has 3 heteroatoms. The molecule has 16 rings (SSSR count). The fraction of sp³-hybridized carbons (Fsp3) is 0.0976. The summed E-state index contributed by atoms with van der Waals surface area (Å²) in [5.41, 5.74) is 25.4. The number of anilines is 5. The number of allylic oxidation sites excluding steroid dienone is 3. The van der Waals surface area contributed by atoms with Gasteiger partial charge in [0.25, 0.3) is 0 Å². The lowest BCUT2D eigenvalue weighted by molar-refractivity contribution is 0.392. The Balaban J connectivity index is 0.783. The van der Waals surface area contributed by atoms with Crippen molar-refractivity contribution in [1.29, 1.82) is 0 Å². The normalized spacial score (nSPS) is 16.0. The van der Waals surface area contributed by atoms with Gasteiger partial charge in [0.15, 0.2) is 0 Å². The predicted octanol–water partition coefficient (Wildman–Crippen LogP) is 22.0. The van der Waals surface area contributed by atoms with Crippen LogP contribution in [0.1, 0.15) is 55.9 Å². The van der Waals surface area contributed by atoms with E-state index in [9.17, 15) is 0 Å². The summed E-state index contributed by atoms with van der Waals surface area (Å²) in [6.45, 7) is 9.70. The third kappa shape index (κ3) is 8.24. The average Bonchev–Trinajstić information content (AvgIpc) is 2.70. The molecule has 2 atom stereocenters. The van der Waals surface area contributed by atoms with Crippen LogP contribution < -0.4 is 9.80 Å². The molecular weight excluding hydrogens is 1030 g/mol. The summed E-state index contributed by atoms with van der Waals surface area (Å²) in [5.74, 6) is 0.614. The zero-order chi connectivity index (χ0) is 57.0. The highest BCUT2D eigenvalue weighted by Gasteiger charge is 2.45. The second-order valence-corrected chi connectivity index (χ2v) is 24.5. The number of hydrogen-bond acceptors (Lipinski definition) is 2. The first kappa shape index (κ1) is 50.5. The molecule has 0 spiro atoms. The van der Waals surface area contributed by atoms with E-state index in [4.69, 9.17) is 0 Å². The zero-order valence-corrected chi connectivity index (χ0v) is 48.3. The molecule has 0 saturated carbocycles. The summed E-state index contributed by atoms with van der Waals surface area (Å²) in [7, 11) is 0. The zero-order valence-electron chi connectivity index (χ0n) is 48.3. The Kier molecular flexibility index (Phi) is 11.7. The Morgan fingerprint density at radius 3 is 1.54 bits per heavy atom. The Morgan fingerprint density at radius 2 is 0.847 bits per heavy atom. The maximum Gasteiger partial charge on any atom is 0.0541 e. The SMILES string of the molecule is CC1(C)c2cc(-c3ccc4c(c3)c3ccccc3n4-c3cccc4ccccc34)ccc2-c2ccc(N(C3=CC4C(C=C3)c3ccccc3C4(C)C)c3ccc(N(c4ccc(-c5ccccc5)cc4)c4ccc(-c5ccccc5)cc4)cc3)cc21. The Morgan fingerprint density at radius 1 is 0.353 bits per heavy atom. The first-order valence-corrected chi connectivity index (χ1v) is 30.0. The van der Waals surface area contributed by atoms with Gasteiger partial charge < -0.3 is 14.4 Å². The number of fused-ring (bicyclic) bond motifs is 10. The minimum absolute atomic E-state index is 0.0446. The summed E-state index contributed by atoms with van der Waals surface area (Å²) in [5, 5.41) is 5.00. The van der Waals surface area contributed by atoms with Crippen molar-refractivity contribution in [1.82, 2.24) is 4.57 Å². The fourth-order valence-corrected chi connectivity index (χ4v) is 14.7. The number of aromatic nitrogens is 1. The van der Waals surface area contributed by atoms with Crippen molar-refractivity contribution in [3.63, 3.8) is 0 Å². The van der Waals surface area contributed by atoms with Gasteiger partial charge in [0.1, 0.15) is 0 Å². The molecule has 3 nitrogen and oxygen atoms in total. The quantitative estimate of drug-likeness (QED) is 0.135. The highest BCUT2D eigenvalue weighted by atomic mass is 15.2. The third-order valence-electron chi connectivity index (χ3n) is 19.1. The van der Waals surface area contributed by atoms with Gasteiger partial charge in [-0.3, -0.25) is 0 Å². The molecule has 1 aromatic heterocycles. The summed E-state index contributed by atoms with van der Waals surface area (Å²) >= 11 is 0. The van der Waals surface area contributed by atoms with E-state index in [1.54, 1.807) is 0 Å². The largest absolute Gasteiger partial charge is 0.311 e. The summed E-state index contributed by atoms with van der Waals surface area (Å²) in [6.07, 6.45) is 7.43. The van der Waals surface area contributed by atoms with Gasteiger partial charge in [-0.15, -0.1) is 0 Å². The van der Waals surface area contributed by atoms with Crippen LogP contribution in [0.5, 0.6) is 0 Å². The molecule has 0 aliphatic heterocycles. The van der Waals surface area contributed by atoms with Crippen molar-refractivity contribution in [2.24, 2.45) is 5.92 Å². The molecule has 0 saturated heterocycles. The highest BCUT2D eigenvalue weighted by Crippen LogP contribution is 2.56. The standard InChI is InChI=1S/C82H63N3/c1-81(2)74-27-15-13-25-68(74)70-47-44-65(52-76(70)81)84(64-42-40-63(41-43-64)83(61-36-30-56(31-37-61)54-18-7-5-8-19-54)62-38-32-57(33-39-62)55-20-9-6-10-21-55)66-45-48-71-69-46-34-60(51-75(69)82(3,4)77(71)53-66)59-35-49-80-73(50-59)72-26-14-16-28-79(72)85(80)78-29-17-23-58-22-11-12-24-67(58)78/h5-53,70,76H,1-4H3. The summed E-state index contributed by atoms with van der Waals surface area (Å²) < 4.78 is 2.45. The van der Waals surface area contributed by atoms with Gasteiger partial charge in [0, 0.05) is 61.6 Å². The van der Waals surface area contributed by atoms with E-state index in [0.717, 1.165) is 28.4 Å². The lowest BCUT2D eigenvalue weighted by Gasteiger charge is -2.35. The first-order valence-electron chi connectivity index (χ1n) is 30.0. The van der Waals surface area contributed by atoms with E-state index in [-0.39, 0.29) is 10.8 Å². The first-order chi connectivity index (χ1) is 41.7. The topological polar surface area (TPSA) is 11.4 Å². The second-order valence-electron chi connectivity index (χ2n) is 24.5. The van der Waals surface area contributed by atoms with Crippen LogP contribution in [0.3, 0.4) is 0 Å². The van der Waals surface area contributed by atoms with Gasteiger partial charge in [0.05, 0.1) is 16.7 Å². The molecular formula is C82H63N3. The van der Waals surface area contributed by atoms with Crippen molar-refractivity contribution < 1.29 is 0 Å². The molecule has 0 radical (unpaired) electrons. The van der Waals surface area contributed by atoms with Gasteiger partial charge in [-0.1, -0.05) is 228 Å². The Hall–Kier alpha value is -10.2. The number of para-hydroxylation sites is 1. The number of nitrogens with zero attached hydrogens (tertiary/aromatic N) is 3. The van der Waals surface area contributed by atoms with Crippen LogP contribution in [0.25, 0.3) is 82.8 Å². The van der Waals surface area contributed by atoms with Crippen LogP contribution >= 0.6 is 0 Å². The van der Waals surface area contributed by atoms with E-state index < -0.39 is 0 Å². The molecule has 85 heavy (non-hydrogen) atoms. The Labute approximate surface area is 498 Å². The number of benzene rings is 12. The lowest BCUT2D eigenvalue weighted by atomic mass is 9.74. The van der Waals surface area contributed by atoms with Gasteiger partial charge in [-0.25, -0.2) is 0 Å². The smallest absolute Gasteiger partial charge is 0.0541 e. The third-order valence-corrected chi connectivity index (χ3v) is 19.1. The van der Waals surface area contributed by atoms with Crippen LogP contribution in [0.15, 0.2) is 303 Å². The number of rotatable bonds is 10. The van der Waals surface area contributed by atoms with Gasteiger partial charge in [-0.2, -0.15) is 0 Å². The van der Waals surface area contributed by atoms with E-state index in [2.05, 4.69) is 339 Å². The van der Waals surface area contributed by atoms with Crippen molar-refractivity contribution in [2.75, 3.05) is 9.80 Å². The maximum absolute atomic E-state index is 2.57. The van der Waals surface area contributed by atoms with Crippen LogP contribution in [0.2, 0.25) is 0 Å². The predicted molar refractivity (Wildman–Crippen MR) is 358 cm³/mol. The fourth-order valence-electron chi connectivity index (χ4n) is 14.7. The van der Waals surface area contributed by atoms with Gasteiger partial charge in [0.2, 0.25) is 0 Å². The van der Waals surface area contributed by atoms with E-state index in [1.807, 2.05) is 0 Å². The molecule has 0 N–H and O–H groups in total. The Bertz CT molecular complexity index is 4720. The average molecular weight is 1090 g/mol. The van der Waals surface area contributed by atoms with Gasteiger partial charge in [-0.05, 0) is 181 Å². The van der Waals surface area contributed by atoms with Crippen LogP contribution in [0.4, 0.5) is 28.4 Å². The molecule has 0 fully saturated rings. The summed E-state index contributed by atoms with van der Waals surface area (Å²) in [6, 6.07) is 103. The van der Waals surface area contributed by atoms with Crippen molar-refractivity contribution >= 4 is 61.0 Å². The molecule has 2 unspecified atom stereocenters. The highest BCUT2D eigenvalue weighted by molar-refractivity contribution is 6.12. The second kappa shape index (κ2) is 19.7. The van der Waals surface area contributed by atoms with Crippen molar-refractivity contribution in [2.45, 2.75) is 44.4 Å². The minimum Gasteiger partial charge on any atom is -0.311 e.